The Bertz CT molecular complexity index is 685. The number of para-hydroxylation sites is 2. The van der Waals surface area contributed by atoms with E-state index < -0.39 is 15.3 Å². The highest BCUT2D eigenvalue weighted by Gasteiger charge is 2.38. The first-order chi connectivity index (χ1) is 10.9. The third-order valence-electron chi connectivity index (χ3n) is 4.17. The summed E-state index contributed by atoms with van der Waals surface area (Å²) in [7, 11) is -3.74. The molecule has 2 heterocycles. The second-order valence-electron chi connectivity index (χ2n) is 5.82. The van der Waals surface area contributed by atoms with E-state index in [1.807, 2.05) is 6.07 Å². The maximum absolute atomic E-state index is 12.2. The van der Waals surface area contributed by atoms with Crippen LogP contribution < -0.4 is 14.8 Å². The van der Waals surface area contributed by atoms with Crippen LogP contribution in [0.5, 0.6) is 5.75 Å². The number of benzene rings is 1. The minimum atomic E-state index is -3.74. The van der Waals surface area contributed by atoms with E-state index in [-0.39, 0.29) is 25.0 Å². The lowest BCUT2D eigenvalue weighted by Gasteiger charge is -2.26. The third-order valence-corrected chi connectivity index (χ3v) is 5.42. The largest absolute Gasteiger partial charge is 0.488 e. The molecule has 0 spiro atoms. The number of amides is 1. The molecular formula is C15H20N2O5S. The van der Waals surface area contributed by atoms with Gasteiger partial charge in [0.05, 0.1) is 18.9 Å². The number of hydrogen-bond acceptors (Lipinski definition) is 5. The highest BCUT2D eigenvalue weighted by atomic mass is 32.2. The molecule has 1 aromatic carbocycles. The normalized spacial score (nSPS) is 23.3. The van der Waals surface area contributed by atoms with E-state index in [2.05, 4.69) is 0 Å². The molecule has 3 rings (SSSR count). The van der Waals surface area contributed by atoms with Gasteiger partial charge in [-0.1, -0.05) is 12.1 Å². The molecule has 0 radical (unpaired) electrons. The standard InChI is InChI=1S/C15H20N2O5S/c16-23(19,20)12-9-15(18)17(10-12)13-3-1-2-4-14(13)22-11-5-7-21-8-6-11/h1-4,11-12H,5-10H2,(H2,16,19,20). The fourth-order valence-electron chi connectivity index (χ4n) is 2.88. The number of primary sulfonamides is 1. The fraction of sp³-hybridized carbons (Fsp3) is 0.533. The smallest absolute Gasteiger partial charge is 0.228 e. The van der Waals surface area contributed by atoms with E-state index in [1.165, 1.54) is 4.90 Å². The maximum Gasteiger partial charge on any atom is 0.228 e. The van der Waals surface area contributed by atoms with Crippen LogP contribution in [0.2, 0.25) is 0 Å². The molecule has 126 valence electrons. The number of carbonyl (C=O) groups is 1. The molecule has 1 amide bonds. The van der Waals surface area contributed by atoms with Crippen molar-refractivity contribution in [3.63, 3.8) is 0 Å². The Labute approximate surface area is 135 Å². The second kappa shape index (κ2) is 6.46. The van der Waals surface area contributed by atoms with Crippen molar-refractivity contribution >= 4 is 21.6 Å². The quantitative estimate of drug-likeness (QED) is 0.867. The zero-order valence-corrected chi connectivity index (χ0v) is 13.5. The number of rotatable bonds is 4. The van der Waals surface area contributed by atoms with Crippen LogP contribution in [-0.4, -0.2) is 45.4 Å². The number of carbonyl (C=O) groups excluding carboxylic acids is 1. The summed E-state index contributed by atoms with van der Waals surface area (Å²) in [5.74, 6) is 0.329. The van der Waals surface area contributed by atoms with E-state index >= 15 is 0 Å². The summed E-state index contributed by atoms with van der Waals surface area (Å²) in [6, 6.07) is 7.18. The number of hydrogen-bond donors (Lipinski definition) is 1. The minimum absolute atomic E-state index is 0.0386. The average Bonchev–Trinajstić information content (AvgIpc) is 2.91. The highest BCUT2D eigenvalue weighted by molar-refractivity contribution is 7.89. The SMILES string of the molecule is NS(=O)(=O)C1CC(=O)N(c2ccccc2OC2CCOCC2)C1. The highest BCUT2D eigenvalue weighted by Crippen LogP contribution is 2.34. The van der Waals surface area contributed by atoms with Crippen LogP contribution in [0.1, 0.15) is 19.3 Å². The van der Waals surface area contributed by atoms with Gasteiger partial charge >= 0.3 is 0 Å². The fourth-order valence-corrected chi connectivity index (χ4v) is 3.61. The average molecular weight is 340 g/mol. The van der Waals surface area contributed by atoms with E-state index in [4.69, 9.17) is 14.6 Å². The summed E-state index contributed by atoms with van der Waals surface area (Å²) >= 11 is 0. The van der Waals surface area contributed by atoms with Gasteiger partial charge < -0.3 is 14.4 Å². The lowest BCUT2D eigenvalue weighted by atomic mass is 10.1. The third kappa shape index (κ3) is 3.65. The van der Waals surface area contributed by atoms with Gasteiger partial charge in [0, 0.05) is 25.8 Å². The molecule has 0 aromatic heterocycles. The van der Waals surface area contributed by atoms with Gasteiger partial charge in [-0.3, -0.25) is 4.79 Å². The summed E-state index contributed by atoms with van der Waals surface area (Å²) in [4.78, 5) is 13.7. The van der Waals surface area contributed by atoms with Crippen LogP contribution in [0.15, 0.2) is 24.3 Å². The van der Waals surface area contributed by atoms with Crippen LogP contribution >= 0.6 is 0 Å². The van der Waals surface area contributed by atoms with Gasteiger partial charge in [-0.25, -0.2) is 13.6 Å². The molecule has 23 heavy (non-hydrogen) atoms. The number of nitrogens with two attached hydrogens (primary N) is 1. The van der Waals surface area contributed by atoms with Gasteiger partial charge in [0.2, 0.25) is 15.9 Å². The molecule has 1 aromatic rings. The van der Waals surface area contributed by atoms with Gasteiger partial charge in [0.15, 0.2) is 0 Å². The lowest BCUT2D eigenvalue weighted by Crippen LogP contribution is -2.32. The molecule has 7 nitrogen and oxygen atoms in total. The Morgan fingerprint density at radius 1 is 1.22 bits per heavy atom. The number of ether oxygens (including phenoxy) is 2. The van der Waals surface area contributed by atoms with Gasteiger partial charge in [0.25, 0.3) is 0 Å². The molecule has 1 atom stereocenters. The number of nitrogens with zero attached hydrogens (tertiary/aromatic N) is 1. The Balaban J connectivity index is 1.81. The number of anilines is 1. The van der Waals surface area contributed by atoms with Crippen LogP contribution in [0.3, 0.4) is 0 Å². The molecular weight excluding hydrogens is 320 g/mol. The Morgan fingerprint density at radius 2 is 1.91 bits per heavy atom. The van der Waals surface area contributed by atoms with Crippen molar-refractivity contribution in [3.05, 3.63) is 24.3 Å². The monoisotopic (exact) mass is 340 g/mol. The van der Waals surface area contributed by atoms with Gasteiger partial charge in [-0.05, 0) is 12.1 Å². The van der Waals surface area contributed by atoms with Crippen molar-refractivity contribution in [2.24, 2.45) is 5.14 Å². The van der Waals surface area contributed by atoms with Crippen molar-refractivity contribution in [1.82, 2.24) is 0 Å². The van der Waals surface area contributed by atoms with Crippen molar-refractivity contribution in [2.75, 3.05) is 24.7 Å². The van der Waals surface area contributed by atoms with E-state index in [1.54, 1.807) is 18.2 Å². The lowest BCUT2D eigenvalue weighted by molar-refractivity contribution is -0.117. The molecule has 2 aliphatic rings. The molecule has 2 N–H and O–H groups in total. The Morgan fingerprint density at radius 3 is 2.57 bits per heavy atom. The predicted octanol–water partition coefficient (Wildman–Crippen LogP) is 0.638. The zero-order chi connectivity index (χ0) is 16.4. The summed E-state index contributed by atoms with van der Waals surface area (Å²) in [5.41, 5.74) is 0.593. The second-order valence-corrected chi connectivity index (χ2v) is 7.66. The molecule has 1 unspecified atom stereocenters. The predicted molar refractivity (Wildman–Crippen MR) is 84.8 cm³/mol. The molecule has 2 aliphatic heterocycles. The molecule has 0 saturated carbocycles. The molecule has 0 aliphatic carbocycles. The minimum Gasteiger partial charge on any atom is -0.488 e. The molecule has 0 bridgehead atoms. The van der Waals surface area contributed by atoms with Crippen LogP contribution in [0.4, 0.5) is 5.69 Å². The Kier molecular flexibility index (Phi) is 4.56. The first-order valence-electron chi connectivity index (χ1n) is 7.60. The van der Waals surface area contributed by atoms with Gasteiger partial charge in [0.1, 0.15) is 17.1 Å². The Hall–Kier alpha value is -1.64. The van der Waals surface area contributed by atoms with Crippen molar-refractivity contribution < 1.29 is 22.7 Å². The summed E-state index contributed by atoms with van der Waals surface area (Å²) < 4.78 is 34.3. The maximum atomic E-state index is 12.2. The molecule has 2 fully saturated rings. The van der Waals surface area contributed by atoms with Crippen LogP contribution in [-0.2, 0) is 19.6 Å². The van der Waals surface area contributed by atoms with E-state index in [9.17, 15) is 13.2 Å². The van der Waals surface area contributed by atoms with Crippen molar-refractivity contribution in [1.29, 1.82) is 0 Å². The first-order valence-corrected chi connectivity index (χ1v) is 9.21. The summed E-state index contributed by atoms with van der Waals surface area (Å²) in [6.07, 6.45) is 1.53. The van der Waals surface area contributed by atoms with Gasteiger partial charge in [-0.15, -0.1) is 0 Å². The van der Waals surface area contributed by atoms with E-state index in [0.29, 0.717) is 24.7 Å². The number of sulfonamides is 1. The van der Waals surface area contributed by atoms with Crippen molar-refractivity contribution in [2.45, 2.75) is 30.6 Å². The first kappa shape index (κ1) is 16.2. The molecule has 8 heteroatoms. The van der Waals surface area contributed by atoms with Crippen LogP contribution in [0.25, 0.3) is 0 Å². The van der Waals surface area contributed by atoms with Gasteiger partial charge in [-0.2, -0.15) is 0 Å². The topological polar surface area (TPSA) is 98.9 Å². The van der Waals surface area contributed by atoms with Crippen LogP contribution in [0, 0.1) is 0 Å². The summed E-state index contributed by atoms with van der Waals surface area (Å²) in [5, 5.41) is 4.31. The molecule has 2 saturated heterocycles. The van der Waals surface area contributed by atoms with Crippen molar-refractivity contribution in [3.8, 4) is 5.75 Å². The van der Waals surface area contributed by atoms with E-state index in [0.717, 1.165) is 12.8 Å². The zero-order valence-electron chi connectivity index (χ0n) is 12.7. The summed E-state index contributed by atoms with van der Waals surface area (Å²) in [6.45, 7) is 1.37.